The second-order valence-corrected chi connectivity index (χ2v) is 6.07. The lowest BCUT2D eigenvalue weighted by atomic mass is 9.95. The smallest absolute Gasteiger partial charge is 0.223 e. The molecule has 0 radical (unpaired) electrons. The van der Waals surface area contributed by atoms with Crippen LogP contribution in [0.4, 0.5) is 0 Å². The molecule has 0 spiro atoms. The third-order valence-electron chi connectivity index (χ3n) is 4.32. The second-order valence-electron chi connectivity index (χ2n) is 6.07. The highest BCUT2D eigenvalue weighted by molar-refractivity contribution is 5.79. The highest BCUT2D eigenvalue weighted by atomic mass is 16.2. The summed E-state index contributed by atoms with van der Waals surface area (Å²) in [4.78, 5) is 19.1. The summed E-state index contributed by atoms with van der Waals surface area (Å²) < 4.78 is 1.83. The van der Waals surface area contributed by atoms with E-state index in [1.54, 1.807) is 6.33 Å². The molecule has 1 unspecified atom stereocenters. The summed E-state index contributed by atoms with van der Waals surface area (Å²) >= 11 is 0. The van der Waals surface area contributed by atoms with Crippen molar-refractivity contribution in [3.05, 3.63) is 12.2 Å². The summed E-state index contributed by atoms with van der Waals surface area (Å²) in [5.41, 5.74) is 0. The lowest BCUT2D eigenvalue weighted by Gasteiger charge is -2.34. The van der Waals surface area contributed by atoms with Crippen LogP contribution in [0.2, 0.25) is 0 Å². The van der Waals surface area contributed by atoms with Crippen LogP contribution in [-0.4, -0.2) is 44.7 Å². The van der Waals surface area contributed by atoms with Crippen molar-refractivity contribution < 1.29 is 4.79 Å². The van der Waals surface area contributed by atoms with E-state index in [4.69, 9.17) is 0 Å². The minimum Gasteiger partial charge on any atom is -0.346 e. The summed E-state index contributed by atoms with van der Waals surface area (Å²) in [7, 11) is 0. The lowest BCUT2D eigenvalue weighted by Crippen LogP contribution is -2.43. The number of aryl methyl sites for hydroxylation is 1. The van der Waals surface area contributed by atoms with E-state index in [9.17, 15) is 4.79 Å². The van der Waals surface area contributed by atoms with Crippen molar-refractivity contribution in [2.24, 2.45) is 5.92 Å². The molecule has 1 N–H and O–H groups in total. The van der Waals surface area contributed by atoms with Gasteiger partial charge in [-0.1, -0.05) is 0 Å². The molecule has 1 aliphatic rings. The fourth-order valence-electron chi connectivity index (χ4n) is 2.93. The van der Waals surface area contributed by atoms with E-state index in [2.05, 4.69) is 34.1 Å². The Morgan fingerprint density at radius 2 is 2.05 bits per heavy atom. The molecule has 1 amide bonds. The Morgan fingerprint density at radius 3 is 2.62 bits per heavy atom. The van der Waals surface area contributed by atoms with Gasteiger partial charge in [-0.2, -0.15) is 5.10 Å². The van der Waals surface area contributed by atoms with Gasteiger partial charge < -0.3 is 10.2 Å². The zero-order chi connectivity index (χ0) is 15.4. The quantitative estimate of drug-likeness (QED) is 0.895. The molecular formula is C15H27N5O. The normalized spacial score (nSPS) is 18.9. The van der Waals surface area contributed by atoms with Crippen LogP contribution in [-0.2, 0) is 11.3 Å². The Morgan fingerprint density at radius 1 is 1.38 bits per heavy atom. The second kappa shape index (κ2) is 7.02. The van der Waals surface area contributed by atoms with Crippen LogP contribution in [0, 0.1) is 5.92 Å². The number of carbonyl (C=O) groups excluding carboxylic acids is 1. The zero-order valence-corrected chi connectivity index (χ0v) is 13.5. The molecule has 1 aromatic rings. The lowest BCUT2D eigenvalue weighted by molar-refractivity contribution is -0.127. The topological polar surface area (TPSA) is 63.1 Å². The number of piperidine rings is 1. The largest absolute Gasteiger partial charge is 0.346 e. The van der Waals surface area contributed by atoms with E-state index in [1.165, 1.54) is 0 Å². The first-order chi connectivity index (χ1) is 10.0. The van der Waals surface area contributed by atoms with Crippen LogP contribution in [0.5, 0.6) is 0 Å². The first kappa shape index (κ1) is 15.9. The van der Waals surface area contributed by atoms with E-state index < -0.39 is 0 Å². The van der Waals surface area contributed by atoms with Crippen LogP contribution in [0.25, 0.3) is 0 Å². The van der Waals surface area contributed by atoms with E-state index in [0.29, 0.717) is 6.04 Å². The van der Waals surface area contributed by atoms with Gasteiger partial charge in [0.15, 0.2) is 0 Å². The van der Waals surface area contributed by atoms with E-state index in [1.807, 2.05) is 18.5 Å². The van der Waals surface area contributed by atoms with E-state index in [0.717, 1.165) is 38.3 Å². The summed E-state index contributed by atoms with van der Waals surface area (Å²) in [6, 6.07) is 0.471. The van der Waals surface area contributed by atoms with Crippen molar-refractivity contribution >= 4 is 5.91 Å². The third-order valence-corrected chi connectivity index (χ3v) is 4.32. The van der Waals surface area contributed by atoms with Crippen LogP contribution in [0.1, 0.15) is 52.4 Å². The fraction of sp³-hybridized carbons (Fsp3) is 0.800. The Labute approximate surface area is 126 Å². The summed E-state index contributed by atoms with van der Waals surface area (Å²) in [6.07, 6.45) is 3.43. The van der Waals surface area contributed by atoms with Crippen LogP contribution in [0.15, 0.2) is 6.33 Å². The van der Waals surface area contributed by atoms with Crippen molar-refractivity contribution in [3.8, 4) is 0 Å². The van der Waals surface area contributed by atoms with Crippen molar-refractivity contribution in [3.63, 3.8) is 0 Å². The Bertz CT molecular complexity index is 462. The molecular weight excluding hydrogens is 266 g/mol. The van der Waals surface area contributed by atoms with Gasteiger partial charge in [-0.25, -0.2) is 9.67 Å². The maximum absolute atomic E-state index is 12.4. The number of nitrogens with zero attached hydrogens (tertiary/aromatic N) is 4. The van der Waals surface area contributed by atoms with E-state index in [-0.39, 0.29) is 17.9 Å². The molecule has 118 valence electrons. The molecule has 1 atom stereocenters. The molecule has 6 heteroatoms. The number of nitrogens with one attached hydrogen (secondary N) is 1. The SMILES string of the molecule is CCn1ncnc1C(C)NC(=O)C1CCN(C(C)C)CC1. The van der Waals surface area contributed by atoms with Crippen molar-refractivity contribution in [1.29, 1.82) is 0 Å². The predicted molar refractivity (Wildman–Crippen MR) is 81.7 cm³/mol. The summed E-state index contributed by atoms with van der Waals surface area (Å²) in [6.45, 7) is 11.2. The average molecular weight is 293 g/mol. The van der Waals surface area contributed by atoms with Crippen LogP contribution in [0.3, 0.4) is 0 Å². The van der Waals surface area contributed by atoms with Gasteiger partial charge in [-0.3, -0.25) is 4.79 Å². The van der Waals surface area contributed by atoms with Crippen molar-refractivity contribution in [2.75, 3.05) is 13.1 Å². The average Bonchev–Trinajstić information content (AvgIpc) is 2.95. The van der Waals surface area contributed by atoms with Crippen LogP contribution < -0.4 is 5.32 Å². The Kier molecular flexibility index (Phi) is 5.33. The highest BCUT2D eigenvalue weighted by Gasteiger charge is 2.27. The number of likely N-dealkylation sites (tertiary alicyclic amines) is 1. The van der Waals surface area contributed by atoms with E-state index >= 15 is 0 Å². The molecule has 21 heavy (non-hydrogen) atoms. The maximum Gasteiger partial charge on any atom is 0.223 e. The van der Waals surface area contributed by atoms with Gasteiger partial charge in [-0.15, -0.1) is 0 Å². The van der Waals surface area contributed by atoms with Gasteiger partial charge in [0.25, 0.3) is 0 Å². The van der Waals surface area contributed by atoms with Gasteiger partial charge in [0, 0.05) is 18.5 Å². The number of amides is 1. The molecule has 0 saturated carbocycles. The molecule has 2 rings (SSSR count). The van der Waals surface area contributed by atoms with Gasteiger partial charge in [-0.05, 0) is 53.6 Å². The first-order valence-electron chi connectivity index (χ1n) is 7.95. The number of rotatable bonds is 5. The standard InChI is InChI=1S/C15H27N5O/c1-5-20-14(16-10-17-20)12(4)18-15(21)13-6-8-19(9-7-13)11(2)3/h10-13H,5-9H2,1-4H3,(H,18,21). The molecule has 0 aliphatic carbocycles. The number of aromatic nitrogens is 3. The minimum absolute atomic E-state index is 0.0944. The third kappa shape index (κ3) is 3.81. The van der Waals surface area contributed by atoms with Gasteiger partial charge in [0.2, 0.25) is 5.91 Å². The number of carbonyl (C=O) groups is 1. The van der Waals surface area contributed by atoms with Gasteiger partial charge in [0.05, 0.1) is 6.04 Å². The molecule has 1 fully saturated rings. The van der Waals surface area contributed by atoms with Gasteiger partial charge >= 0.3 is 0 Å². The minimum atomic E-state index is -0.0944. The maximum atomic E-state index is 12.4. The summed E-state index contributed by atoms with van der Waals surface area (Å²) in [5, 5.41) is 7.24. The number of hydrogen-bond acceptors (Lipinski definition) is 4. The molecule has 2 heterocycles. The van der Waals surface area contributed by atoms with Gasteiger partial charge in [0.1, 0.15) is 12.2 Å². The zero-order valence-electron chi connectivity index (χ0n) is 13.5. The molecule has 1 aliphatic heterocycles. The van der Waals surface area contributed by atoms with Crippen molar-refractivity contribution in [1.82, 2.24) is 25.0 Å². The number of hydrogen-bond donors (Lipinski definition) is 1. The molecule has 6 nitrogen and oxygen atoms in total. The Hall–Kier alpha value is -1.43. The molecule has 1 saturated heterocycles. The molecule has 0 aromatic carbocycles. The first-order valence-corrected chi connectivity index (χ1v) is 7.95. The fourth-order valence-corrected chi connectivity index (χ4v) is 2.93. The summed E-state index contributed by atoms with van der Waals surface area (Å²) in [5.74, 6) is 1.10. The molecule has 1 aromatic heterocycles. The predicted octanol–water partition coefficient (Wildman–Crippen LogP) is 1.60. The van der Waals surface area contributed by atoms with Crippen molar-refractivity contribution in [2.45, 2.75) is 59.2 Å². The monoisotopic (exact) mass is 293 g/mol. The molecule has 0 bridgehead atoms. The highest BCUT2D eigenvalue weighted by Crippen LogP contribution is 2.20. The Balaban J connectivity index is 1.87. The van der Waals surface area contributed by atoms with Crippen LogP contribution >= 0.6 is 0 Å².